The molecule has 0 aliphatic heterocycles. The molecule has 12 heavy (non-hydrogen) atoms. The van der Waals surface area contributed by atoms with E-state index < -0.39 is 0 Å². The number of rotatable bonds is 7. The molecule has 0 spiro atoms. The van der Waals surface area contributed by atoms with Crippen LogP contribution in [0, 0.1) is 0 Å². The Morgan fingerprint density at radius 1 is 1.17 bits per heavy atom. The maximum Gasteiger partial charge on any atom is 0.302 e. The van der Waals surface area contributed by atoms with E-state index in [0.29, 0.717) is 6.61 Å². The van der Waals surface area contributed by atoms with E-state index in [4.69, 9.17) is 9.47 Å². The second-order valence-electron chi connectivity index (χ2n) is 2.60. The SMILES string of the molecule is CCOCCCCCOC(C)=O. The molecule has 3 nitrogen and oxygen atoms in total. The lowest BCUT2D eigenvalue weighted by molar-refractivity contribution is -0.141. The molecule has 0 heterocycles. The van der Waals surface area contributed by atoms with Crippen LogP contribution in [0.15, 0.2) is 0 Å². The first-order valence-corrected chi connectivity index (χ1v) is 4.48. The monoisotopic (exact) mass is 174 g/mol. The second kappa shape index (κ2) is 8.53. The highest BCUT2D eigenvalue weighted by molar-refractivity contribution is 5.65. The molecule has 0 aromatic rings. The van der Waals surface area contributed by atoms with Gasteiger partial charge in [-0.25, -0.2) is 0 Å². The van der Waals surface area contributed by atoms with E-state index in [9.17, 15) is 4.79 Å². The van der Waals surface area contributed by atoms with Crippen molar-refractivity contribution in [3.8, 4) is 0 Å². The van der Waals surface area contributed by atoms with Gasteiger partial charge in [0.25, 0.3) is 0 Å². The topological polar surface area (TPSA) is 35.5 Å². The average molecular weight is 174 g/mol. The van der Waals surface area contributed by atoms with Crippen LogP contribution >= 0.6 is 0 Å². The summed E-state index contributed by atoms with van der Waals surface area (Å²) >= 11 is 0. The molecule has 0 radical (unpaired) electrons. The molecule has 0 aliphatic carbocycles. The van der Waals surface area contributed by atoms with Crippen LogP contribution < -0.4 is 0 Å². The predicted octanol–water partition coefficient (Wildman–Crippen LogP) is 1.76. The molecule has 0 aliphatic rings. The molecule has 0 saturated carbocycles. The molecule has 0 atom stereocenters. The third kappa shape index (κ3) is 9.43. The fourth-order valence-electron chi connectivity index (χ4n) is 0.843. The zero-order chi connectivity index (χ0) is 9.23. The van der Waals surface area contributed by atoms with Gasteiger partial charge in [-0.05, 0) is 26.2 Å². The molecule has 0 rings (SSSR count). The normalized spacial score (nSPS) is 9.83. The molecular formula is C9H18O3. The summed E-state index contributed by atoms with van der Waals surface area (Å²) in [5, 5.41) is 0. The minimum absolute atomic E-state index is 0.195. The highest BCUT2D eigenvalue weighted by Crippen LogP contribution is 1.96. The summed E-state index contributed by atoms with van der Waals surface area (Å²) in [7, 11) is 0. The number of unbranched alkanes of at least 4 members (excludes halogenated alkanes) is 2. The molecule has 0 bridgehead atoms. The van der Waals surface area contributed by atoms with Crippen LogP contribution in [-0.2, 0) is 14.3 Å². The first-order valence-electron chi connectivity index (χ1n) is 4.48. The fourth-order valence-corrected chi connectivity index (χ4v) is 0.843. The summed E-state index contributed by atoms with van der Waals surface area (Å²) in [4.78, 5) is 10.3. The van der Waals surface area contributed by atoms with E-state index >= 15 is 0 Å². The van der Waals surface area contributed by atoms with E-state index in [1.165, 1.54) is 6.92 Å². The van der Waals surface area contributed by atoms with Crippen molar-refractivity contribution in [2.45, 2.75) is 33.1 Å². The third-order valence-electron chi connectivity index (χ3n) is 1.44. The van der Waals surface area contributed by atoms with Gasteiger partial charge in [0.1, 0.15) is 0 Å². The Labute approximate surface area is 74.0 Å². The Morgan fingerprint density at radius 2 is 1.83 bits per heavy atom. The van der Waals surface area contributed by atoms with Crippen LogP contribution in [0.1, 0.15) is 33.1 Å². The van der Waals surface area contributed by atoms with Crippen molar-refractivity contribution < 1.29 is 14.3 Å². The van der Waals surface area contributed by atoms with Crippen LogP contribution in [0.25, 0.3) is 0 Å². The van der Waals surface area contributed by atoms with Crippen LogP contribution in [-0.4, -0.2) is 25.8 Å². The predicted molar refractivity (Wildman–Crippen MR) is 47.0 cm³/mol. The number of esters is 1. The van der Waals surface area contributed by atoms with Gasteiger partial charge in [0, 0.05) is 20.1 Å². The van der Waals surface area contributed by atoms with Crippen LogP contribution in [0.3, 0.4) is 0 Å². The van der Waals surface area contributed by atoms with E-state index in [-0.39, 0.29) is 5.97 Å². The maximum absolute atomic E-state index is 10.3. The lowest BCUT2D eigenvalue weighted by atomic mass is 10.2. The molecule has 0 N–H and O–H groups in total. The lowest BCUT2D eigenvalue weighted by Gasteiger charge is -2.01. The Morgan fingerprint density at radius 3 is 2.42 bits per heavy atom. The molecule has 0 aromatic heterocycles. The Kier molecular flexibility index (Phi) is 8.12. The zero-order valence-corrected chi connectivity index (χ0v) is 7.97. The number of hydrogen-bond donors (Lipinski definition) is 0. The first kappa shape index (κ1) is 11.4. The van der Waals surface area contributed by atoms with E-state index in [1.807, 2.05) is 6.92 Å². The Hall–Kier alpha value is -0.570. The zero-order valence-electron chi connectivity index (χ0n) is 7.97. The number of carbonyl (C=O) groups is 1. The number of carbonyl (C=O) groups excluding carboxylic acids is 1. The van der Waals surface area contributed by atoms with Gasteiger partial charge >= 0.3 is 5.97 Å². The maximum atomic E-state index is 10.3. The summed E-state index contributed by atoms with van der Waals surface area (Å²) in [6.07, 6.45) is 3.05. The minimum Gasteiger partial charge on any atom is -0.466 e. The quantitative estimate of drug-likeness (QED) is 0.436. The van der Waals surface area contributed by atoms with Gasteiger partial charge in [-0.3, -0.25) is 4.79 Å². The van der Waals surface area contributed by atoms with Gasteiger partial charge in [0.15, 0.2) is 0 Å². The van der Waals surface area contributed by atoms with E-state index in [0.717, 1.165) is 32.5 Å². The minimum atomic E-state index is -0.195. The van der Waals surface area contributed by atoms with Crippen molar-refractivity contribution in [3.05, 3.63) is 0 Å². The molecule has 72 valence electrons. The highest BCUT2D eigenvalue weighted by Gasteiger charge is 1.92. The Bertz CT molecular complexity index is 112. The van der Waals surface area contributed by atoms with E-state index in [2.05, 4.69) is 0 Å². The van der Waals surface area contributed by atoms with Crippen molar-refractivity contribution in [2.24, 2.45) is 0 Å². The summed E-state index contributed by atoms with van der Waals surface area (Å²) in [5.74, 6) is -0.195. The largest absolute Gasteiger partial charge is 0.466 e. The Balaban J connectivity index is 2.86. The first-order chi connectivity index (χ1) is 5.77. The summed E-state index contributed by atoms with van der Waals surface area (Å²) in [6, 6.07) is 0. The van der Waals surface area contributed by atoms with Gasteiger partial charge in [0.2, 0.25) is 0 Å². The summed E-state index contributed by atoms with van der Waals surface area (Å²) in [6.45, 7) is 5.56. The summed E-state index contributed by atoms with van der Waals surface area (Å²) in [5.41, 5.74) is 0. The van der Waals surface area contributed by atoms with Crippen molar-refractivity contribution in [3.63, 3.8) is 0 Å². The molecule has 0 amide bonds. The summed E-state index contributed by atoms with van der Waals surface area (Å²) < 4.78 is 9.92. The molecule has 0 saturated heterocycles. The van der Waals surface area contributed by atoms with Crippen molar-refractivity contribution in [2.75, 3.05) is 19.8 Å². The van der Waals surface area contributed by atoms with Gasteiger partial charge in [-0.1, -0.05) is 0 Å². The highest BCUT2D eigenvalue weighted by atomic mass is 16.5. The van der Waals surface area contributed by atoms with Gasteiger partial charge in [-0.2, -0.15) is 0 Å². The smallest absolute Gasteiger partial charge is 0.302 e. The standard InChI is InChI=1S/C9H18O3/c1-3-11-7-5-4-6-8-12-9(2)10/h3-8H2,1-2H3. The molecule has 3 heteroatoms. The van der Waals surface area contributed by atoms with Crippen LogP contribution in [0.4, 0.5) is 0 Å². The molecule has 0 fully saturated rings. The molecular weight excluding hydrogens is 156 g/mol. The molecule has 0 unspecified atom stereocenters. The van der Waals surface area contributed by atoms with Crippen molar-refractivity contribution in [1.82, 2.24) is 0 Å². The second-order valence-corrected chi connectivity index (χ2v) is 2.60. The number of ether oxygens (including phenoxy) is 2. The lowest BCUT2D eigenvalue weighted by Crippen LogP contribution is -2.01. The number of hydrogen-bond acceptors (Lipinski definition) is 3. The van der Waals surface area contributed by atoms with Crippen molar-refractivity contribution in [1.29, 1.82) is 0 Å². The van der Waals surface area contributed by atoms with E-state index in [1.54, 1.807) is 0 Å². The van der Waals surface area contributed by atoms with Crippen molar-refractivity contribution >= 4 is 5.97 Å². The van der Waals surface area contributed by atoms with Gasteiger partial charge in [0.05, 0.1) is 6.61 Å². The van der Waals surface area contributed by atoms with Crippen LogP contribution in [0.5, 0.6) is 0 Å². The molecule has 0 aromatic carbocycles. The average Bonchev–Trinajstić information content (AvgIpc) is 2.02. The third-order valence-corrected chi connectivity index (χ3v) is 1.44. The van der Waals surface area contributed by atoms with Gasteiger partial charge < -0.3 is 9.47 Å². The van der Waals surface area contributed by atoms with Gasteiger partial charge in [-0.15, -0.1) is 0 Å². The van der Waals surface area contributed by atoms with Crippen LogP contribution in [0.2, 0.25) is 0 Å². The fraction of sp³-hybridized carbons (Fsp3) is 0.889.